The fourth-order valence-corrected chi connectivity index (χ4v) is 2.09. The van der Waals surface area contributed by atoms with Crippen LogP contribution in [0.2, 0.25) is 0 Å². The van der Waals surface area contributed by atoms with E-state index in [4.69, 9.17) is 5.73 Å². The molecule has 3 N–H and O–H groups in total. The first-order chi connectivity index (χ1) is 9.58. The van der Waals surface area contributed by atoms with E-state index in [0.717, 1.165) is 5.56 Å². The first kappa shape index (κ1) is 14.2. The van der Waals surface area contributed by atoms with E-state index in [2.05, 4.69) is 33.8 Å². The van der Waals surface area contributed by atoms with Crippen molar-refractivity contribution in [2.24, 2.45) is 5.73 Å². The van der Waals surface area contributed by atoms with Crippen molar-refractivity contribution in [1.82, 2.24) is 20.3 Å². The van der Waals surface area contributed by atoms with E-state index in [-0.39, 0.29) is 5.91 Å². The van der Waals surface area contributed by atoms with Crippen molar-refractivity contribution in [1.29, 1.82) is 0 Å². The van der Waals surface area contributed by atoms with Gasteiger partial charge in [-0.2, -0.15) is 0 Å². The molecule has 20 heavy (non-hydrogen) atoms. The van der Waals surface area contributed by atoms with Crippen LogP contribution in [0.3, 0.4) is 0 Å². The van der Waals surface area contributed by atoms with Gasteiger partial charge in [0.1, 0.15) is 0 Å². The maximum absolute atomic E-state index is 11.9. The van der Waals surface area contributed by atoms with E-state index in [9.17, 15) is 4.79 Å². The third-order valence-corrected chi connectivity index (χ3v) is 2.86. The Morgan fingerprint density at radius 3 is 2.65 bits per heavy atom. The molecule has 0 saturated heterocycles. The lowest BCUT2D eigenvalue weighted by Crippen LogP contribution is -2.23. The normalized spacial score (nSPS) is 10.6. The largest absolute Gasteiger partial charge is 0.347 e. The Kier molecular flexibility index (Phi) is 4.47. The minimum atomic E-state index is -0.229. The van der Waals surface area contributed by atoms with Crippen LogP contribution < -0.4 is 11.1 Å². The van der Waals surface area contributed by atoms with Crippen molar-refractivity contribution in [3.05, 3.63) is 46.8 Å². The molecular formula is C14H19N5O. The Balaban J connectivity index is 1.97. The van der Waals surface area contributed by atoms with Crippen LogP contribution >= 0.6 is 0 Å². The number of hydrogen-bond donors (Lipinski definition) is 2. The molecule has 0 bridgehead atoms. The molecule has 1 heterocycles. The number of aromatic nitrogens is 3. The molecule has 0 aliphatic rings. The Morgan fingerprint density at radius 1 is 1.30 bits per heavy atom. The molecule has 0 unspecified atom stereocenters. The van der Waals surface area contributed by atoms with Crippen LogP contribution in [0.5, 0.6) is 0 Å². The second kappa shape index (κ2) is 6.29. The lowest BCUT2D eigenvalue weighted by atomic mass is 10.1. The quantitative estimate of drug-likeness (QED) is 0.843. The van der Waals surface area contributed by atoms with Crippen LogP contribution in [-0.2, 0) is 13.1 Å². The zero-order chi connectivity index (χ0) is 14.5. The second-order valence-corrected chi connectivity index (χ2v) is 4.83. The summed E-state index contributed by atoms with van der Waals surface area (Å²) in [6.07, 6.45) is 1.60. The maximum atomic E-state index is 11.9. The predicted molar refractivity (Wildman–Crippen MR) is 76.2 cm³/mol. The highest BCUT2D eigenvalue weighted by Crippen LogP contribution is 2.08. The van der Waals surface area contributed by atoms with Crippen LogP contribution in [0.1, 0.15) is 27.2 Å². The minimum Gasteiger partial charge on any atom is -0.347 e. The zero-order valence-electron chi connectivity index (χ0n) is 11.8. The van der Waals surface area contributed by atoms with Gasteiger partial charge in [0, 0.05) is 13.1 Å². The smallest absolute Gasteiger partial charge is 0.273 e. The van der Waals surface area contributed by atoms with E-state index < -0.39 is 0 Å². The zero-order valence-corrected chi connectivity index (χ0v) is 11.8. The molecule has 0 atom stereocenters. The number of carbonyl (C=O) groups excluding carboxylic acids is 1. The van der Waals surface area contributed by atoms with Gasteiger partial charge in [0.25, 0.3) is 5.91 Å². The summed E-state index contributed by atoms with van der Waals surface area (Å²) in [5.74, 6) is -0.229. The molecule has 106 valence electrons. The number of nitrogens with zero attached hydrogens (tertiary/aromatic N) is 3. The van der Waals surface area contributed by atoms with Crippen molar-refractivity contribution in [2.45, 2.75) is 26.9 Å². The number of nitrogens with two attached hydrogens (primary N) is 1. The van der Waals surface area contributed by atoms with Gasteiger partial charge in [-0.05, 0) is 19.4 Å². The van der Waals surface area contributed by atoms with Gasteiger partial charge in [-0.15, -0.1) is 5.10 Å². The summed E-state index contributed by atoms with van der Waals surface area (Å²) >= 11 is 0. The first-order valence-electron chi connectivity index (χ1n) is 6.54. The van der Waals surface area contributed by atoms with E-state index >= 15 is 0 Å². The van der Waals surface area contributed by atoms with E-state index in [1.54, 1.807) is 10.9 Å². The van der Waals surface area contributed by atoms with Crippen molar-refractivity contribution in [3.63, 3.8) is 0 Å². The van der Waals surface area contributed by atoms with Crippen molar-refractivity contribution >= 4 is 5.91 Å². The highest BCUT2D eigenvalue weighted by molar-refractivity contribution is 5.91. The number of benzene rings is 1. The molecule has 1 amide bonds. The van der Waals surface area contributed by atoms with Crippen LogP contribution in [0.15, 0.2) is 24.4 Å². The van der Waals surface area contributed by atoms with E-state index in [0.29, 0.717) is 25.3 Å². The summed E-state index contributed by atoms with van der Waals surface area (Å²) in [6, 6.07) is 6.21. The number of aryl methyl sites for hydroxylation is 2. The average Bonchev–Trinajstić information content (AvgIpc) is 2.84. The summed E-state index contributed by atoms with van der Waals surface area (Å²) in [4.78, 5) is 11.9. The van der Waals surface area contributed by atoms with Gasteiger partial charge in [0.2, 0.25) is 0 Å². The fourth-order valence-electron chi connectivity index (χ4n) is 2.09. The van der Waals surface area contributed by atoms with Crippen LogP contribution in [0.4, 0.5) is 0 Å². The summed E-state index contributed by atoms with van der Waals surface area (Å²) in [7, 11) is 0. The van der Waals surface area contributed by atoms with Crippen LogP contribution in [-0.4, -0.2) is 27.4 Å². The Morgan fingerprint density at radius 2 is 2.00 bits per heavy atom. The van der Waals surface area contributed by atoms with E-state index in [1.165, 1.54) is 11.1 Å². The molecular weight excluding hydrogens is 254 g/mol. The summed E-state index contributed by atoms with van der Waals surface area (Å²) in [5, 5.41) is 10.5. The number of hydrogen-bond acceptors (Lipinski definition) is 4. The average molecular weight is 273 g/mol. The standard InChI is InChI=1S/C14H19N5O/c1-10-5-11(2)7-12(6-10)8-16-14(20)13-9-19(4-3-15)18-17-13/h5-7,9H,3-4,8,15H2,1-2H3,(H,16,20). The lowest BCUT2D eigenvalue weighted by Gasteiger charge is -2.06. The van der Waals surface area contributed by atoms with Crippen molar-refractivity contribution in [3.8, 4) is 0 Å². The Labute approximate surface area is 118 Å². The summed E-state index contributed by atoms with van der Waals surface area (Å²) in [6.45, 7) is 5.57. The first-order valence-corrected chi connectivity index (χ1v) is 6.54. The minimum absolute atomic E-state index is 0.229. The number of carbonyl (C=O) groups is 1. The van der Waals surface area contributed by atoms with Gasteiger partial charge in [-0.1, -0.05) is 34.5 Å². The second-order valence-electron chi connectivity index (χ2n) is 4.83. The van der Waals surface area contributed by atoms with Crippen LogP contribution in [0.25, 0.3) is 0 Å². The third kappa shape index (κ3) is 3.64. The summed E-state index contributed by atoms with van der Waals surface area (Å²) in [5.41, 5.74) is 9.17. The van der Waals surface area contributed by atoms with Gasteiger partial charge in [0.05, 0.1) is 12.7 Å². The van der Waals surface area contributed by atoms with E-state index in [1.807, 2.05) is 13.8 Å². The molecule has 2 rings (SSSR count). The third-order valence-electron chi connectivity index (χ3n) is 2.86. The van der Waals surface area contributed by atoms with Gasteiger partial charge in [-0.3, -0.25) is 9.48 Å². The molecule has 0 radical (unpaired) electrons. The molecule has 0 saturated carbocycles. The van der Waals surface area contributed by atoms with Gasteiger partial charge < -0.3 is 11.1 Å². The number of amides is 1. The maximum Gasteiger partial charge on any atom is 0.273 e. The van der Waals surface area contributed by atoms with Gasteiger partial charge in [0.15, 0.2) is 5.69 Å². The molecule has 6 heteroatoms. The molecule has 0 aliphatic carbocycles. The topological polar surface area (TPSA) is 85.8 Å². The Hall–Kier alpha value is -2.21. The van der Waals surface area contributed by atoms with Crippen LogP contribution in [0, 0.1) is 13.8 Å². The molecule has 2 aromatic rings. The summed E-state index contributed by atoms with van der Waals surface area (Å²) < 4.78 is 1.56. The lowest BCUT2D eigenvalue weighted by molar-refractivity contribution is 0.0946. The molecule has 0 spiro atoms. The predicted octanol–water partition coefficient (Wildman–Crippen LogP) is 0.784. The molecule has 6 nitrogen and oxygen atoms in total. The molecule has 0 fully saturated rings. The highest BCUT2D eigenvalue weighted by Gasteiger charge is 2.10. The van der Waals surface area contributed by atoms with Crippen molar-refractivity contribution in [2.75, 3.05) is 6.54 Å². The fraction of sp³-hybridized carbons (Fsp3) is 0.357. The molecule has 0 aliphatic heterocycles. The monoisotopic (exact) mass is 273 g/mol. The Bertz CT molecular complexity index is 585. The van der Waals surface area contributed by atoms with Gasteiger partial charge in [-0.25, -0.2) is 0 Å². The number of nitrogens with one attached hydrogen (secondary N) is 1. The highest BCUT2D eigenvalue weighted by atomic mass is 16.2. The number of rotatable bonds is 5. The van der Waals surface area contributed by atoms with Crippen molar-refractivity contribution < 1.29 is 4.79 Å². The SMILES string of the molecule is Cc1cc(C)cc(CNC(=O)c2cn(CCN)nn2)c1. The molecule has 1 aromatic heterocycles. The molecule has 1 aromatic carbocycles. The van der Waals surface area contributed by atoms with Gasteiger partial charge >= 0.3 is 0 Å².